The van der Waals surface area contributed by atoms with Gasteiger partial charge in [-0.15, -0.1) is 0 Å². The summed E-state index contributed by atoms with van der Waals surface area (Å²) in [6.07, 6.45) is 1.84. The number of hydrogen-bond donors (Lipinski definition) is 1. The highest BCUT2D eigenvalue weighted by Gasteiger charge is 2.21. The minimum atomic E-state index is -0.346. The number of nitrogens with one attached hydrogen (secondary N) is 1. The standard InChI is InChI=1S/C22H15BrFN3O2/c23-18-13-16(10-11-25-18)20-21(15-6-8-17(24)9-7-15)27-29-22(20)26-19(28)12-14-4-2-1-3-5-14/h1-11,13H,12H2,(H,26,28). The van der Waals surface area contributed by atoms with Gasteiger partial charge in [-0.05, 0) is 63.5 Å². The highest BCUT2D eigenvalue weighted by Crippen LogP contribution is 2.38. The van der Waals surface area contributed by atoms with Gasteiger partial charge in [-0.1, -0.05) is 35.5 Å². The second-order valence-corrected chi connectivity index (χ2v) is 7.13. The first-order valence-electron chi connectivity index (χ1n) is 8.81. The van der Waals surface area contributed by atoms with E-state index in [9.17, 15) is 9.18 Å². The Bertz CT molecular complexity index is 1140. The molecule has 1 N–H and O–H groups in total. The van der Waals surface area contributed by atoms with Crippen LogP contribution in [0.4, 0.5) is 10.3 Å². The number of pyridine rings is 1. The first-order chi connectivity index (χ1) is 14.1. The zero-order chi connectivity index (χ0) is 20.2. The van der Waals surface area contributed by atoms with Gasteiger partial charge in [0.1, 0.15) is 16.1 Å². The molecule has 0 saturated heterocycles. The molecule has 0 unspecified atom stereocenters. The van der Waals surface area contributed by atoms with Crippen LogP contribution < -0.4 is 5.32 Å². The normalized spacial score (nSPS) is 10.7. The van der Waals surface area contributed by atoms with Gasteiger partial charge in [0.15, 0.2) is 0 Å². The third-order valence-electron chi connectivity index (χ3n) is 4.29. The van der Waals surface area contributed by atoms with Gasteiger partial charge in [-0.3, -0.25) is 10.1 Å². The Labute approximate surface area is 174 Å². The number of nitrogens with zero attached hydrogens (tertiary/aromatic N) is 2. The Kier molecular flexibility index (Phi) is 5.48. The minimum absolute atomic E-state index is 0.201. The summed E-state index contributed by atoms with van der Waals surface area (Å²) in [7, 11) is 0. The van der Waals surface area contributed by atoms with Crippen LogP contribution in [0.5, 0.6) is 0 Å². The van der Waals surface area contributed by atoms with E-state index in [0.29, 0.717) is 21.4 Å². The summed E-state index contributed by atoms with van der Waals surface area (Å²) in [5.74, 6) is -0.349. The van der Waals surface area contributed by atoms with Crippen molar-refractivity contribution < 1.29 is 13.7 Å². The summed E-state index contributed by atoms with van der Waals surface area (Å²) in [5, 5.41) is 6.93. The molecule has 0 aliphatic rings. The number of benzene rings is 2. The van der Waals surface area contributed by atoms with E-state index in [2.05, 4.69) is 31.4 Å². The fraction of sp³-hybridized carbons (Fsp3) is 0.0455. The zero-order valence-corrected chi connectivity index (χ0v) is 16.7. The van der Waals surface area contributed by atoms with Gasteiger partial charge in [0.05, 0.1) is 12.0 Å². The fourth-order valence-corrected chi connectivity index (χ4v) is 3.32. The van der Waals surface area contributed by atoms with Crippen molar-refractivity contribution >= 4 is 27.7 Å². The van der Waals surface area contributed by atoms with Crippen LogP contribution in [0.25, 0.3) is 22.4 Å². The van der Waals surface area contributed by atoms with E-state index >= 15 is 0 Å². The molecule has 0 aliphatic carbocycles. The first-order valence-corrected chi connectivity index (χ1v) is 9.61. The second kappa shape index (κ2) is 8.36. The Morgan fingerprint density at radius 1 is 1.03 bits per heavy atom. The van der Waals surface area contributed by atoms with Crippen LogP contribution in [0, 0.1) is 5.82 Å². The first kappa shape index (κ1) is 19.0. The van der Waals surface area contributed by atoms with Crippen LogP contribution in [0.2, 0.25) is 0 Å². The van der Waals surface area contributed by atoms with Crippen molar-refractivity contribution in [2.24, 2.45) is 0 Å². The summed E-state index contributed by atoms with van der Waals surface area (Å²) in [6.45, 7) is 0. The van der Waals surface area contributed by atoms with Gasteiger partial charge >= 0.3 is 0 Å². The van der Waals surface area contributed by atoms with Gasteiger partial charge in [0, 0.05) is 11.8 Å². The maximum atomic E-state index is 13.3. The quantitative estimate of drug-likeness (QED) is 0.407. The maximum absolute atomic E-state index is 13.3. The SMILES string of the molecule is O=C(Cc1ccccc1)Nc1onc(-c2ccc(F)cc2)c1-c1ccnc(Br)c1. The third kappa shape index (κ3) is 4.41. The van der Waals surface area contributed by atoms with E-state index in [0.717, 1.165) is 11.1 Å². The lowest BCUT2D eigenvalue weighted by Gasteiger charge is -2.07. The highest BCUT2D eigenvalue weighted by molar-refractivity contribution is 9.10. The summed E-state index contributed by atoms with van der Waals surface area (Å²) in [5.41, 5.74) is 3.40. The van der Waals surface area contributed by atoms with Crippen LogP contribution in [0.1, 0.15) is 5.56 Å². The molecule has 4 rings (SSSR count). The van der Waals surface area contributed by atoms with E-state index in [4.69, 9.17) is 4.52 Å². The lowest BCUT2D eigenvalue weighted by molar-refractivity contribution is -0.115. The third-order valence-corrected chi connectivity index (χ3v) is 4.72. The molecule has 2 aromatic heterocycles. The van der Waals surface area contributed by atoms with Crippen LogP contribution in [0.3, 0.4) is 0 Å². The fourth-order valence-electron chi connectivity index (χ4n) is 2.96. The Morgan fingerprint density at radius 3 is 2.52 bits per heavy atom. The zero-order valence-electron chi connectivity index (χ0n) is 15.1. The van der Waals surface area contributed by atoms with Crippen molar-refractivity contribution in [3.8, 4) is 22.4 Å². The lowest BCUT2D eigenvalue weighted by Crippen LogP contribution is -2.14. The maximum Gasteiger partial charge on any atom is 0.239 e. The van der Waals surface area contributed by atoms with Crippen molar-refractivity contribution in [2.75, 3.05) is 5.32 Å². The van der Waals surface area contributed by atoms with E-state index in [1.807, 2.05) is 30.3 Å². The van der Waals surface area contributed by atoms with Crippen molar-refractivity contribution in [3.05, 3.63) is 88.9 Å². The second-order valence-electron chi connectivity index (χ2n) is 6.32. The lowest BCUT2D eigenvalue weighted by atomic mass is 10.0. The topological polar surface area (TPSA) is 68.0 Å². The summed E-state index contributed by atoms with van der Waals surface area (Å²) >= 11 is 3.36. The molecule has 2 heterocycles. The molecule has 2 aromatic carbocycles. The molecular weight excluding hydrogens is 437 g/mol. The summed E-state index contributed by atoms with van der Waals surface area (Å²) < 4.78 is 19.4. The van der Waals surface area contributed by atoms with Crippen LogP contribution in [-0.2, 0) is 11.2 Å². The number of anilines is 1. The molecule has 1 amide bonds. The van der Waals surface area contributed by atoms with Crippen LogP contribution in [-0.4, -0.2) is 16.0 Å². The smallest absolute Gasteiger partial charge is 0.239 e. The highest BCUT2D eigenvalue weighted by atomic mass is 79.9. The molecule has 144 valence electrons. The van der Waals surface area contributed by atoms with E-state index in [1.54, 1.807) is 30.5 Å². The average molecular weight is 452 g/mol. The molecule has 0 spiro atoms. The number of carbonyl (C=O) groups excluding carboxylic acids is 1. The predicted octanol–water partition coefficient (Wildman–Crippen LogP) is 5.49. The van der Waals surface area contributed by atoms with Gasteiger partial charge in [-0.25, -0.2) is 9.37 Å². The predicted molar refractivity (Wildman–Crippen MR) is 112 cm³/mol. The molecule has 0 bridgehead atoms. The van der Waals surface area contributed by atoms with Crippen molar-refractivity contribution in [3.63, 3.8) is 0 Å². The number of rotatable bonds is 5. The largest absolute Gasteiger partial charge is 0.337 e. The molecular formula is C22H15BrFN3O2. The molecule has 0 atom stereocenters. The van der Waals surface area contributed by atoms with Crippen LogP contribution >= 0.6 is 15.9 Å². The van der Waals surface area contributed by atoms with E-state index in [1.165, 1.54) is 12.1 Å². The van der Waals surface area contributed by atoms with Crippen molar-refractivity contribution in [2.45, 2.75) is 6.42 Å². The van der Waals surface area contributed by atoms with Gasteiger partial charge < -0.3 is 4.52 Å². The molecule has 4 aromatic rings. The molecule has 5 nitrogen and oxygen atoms in total. The number of hydrogen-bond acceptors (Lipinski definition) is 4. The van der Waals surface area contributed by atoms with Crippen molar-refractivity contribution in [1.82, 2.24) is 10.1 Å². The number of amides is 1. The summed E-state index contributed by atoms with van der Waals surface area (Å²) in [6, 6.07) is 18.9. The Morgan fingerprint density at radius 2 is 1.79 bits per heavy atom. The molecule has 0 radical (unpaired) electrons. The molecule has 0 aliphatic heterocycles. The van der Waals surface area contributed by atoms with Gasteiger partial charge in [-0.2, -0.15) is 0 Å². The van der Waals surface area contributed by atoms with Crippen molar-refractivity contribution in [1.29, 1.82) is 0 Å². The minimum Gasteiger partial charge on any atom is -0.337 e. The number of halogens is 2. The molecule has 7 heteroatoms. The van der Waals surface area contributed by atoms with E-state index < -0.39 is 0 Å². The molecule has 0 saturated carbocycles. The molecule has 0 fully saturated rings. The monoisotopic (exact) mass is 451 g/mol. The Balaban J connectivity index is 1.72. The van der Waals surface area contributed by atoms with Gasteiger partial charge in [0.2, 0.25) is 11.8 Å². The average Bonchev–Trinajstić information content (AvgIpc) is 3.12. The number of carbonyl (C=O) groups is 1. The van der Waals surface area contributed by atoms with Gasteiger partial charge in [0.25, 0.3) is 0 Å². The summed E-state index contributed by atoms with van der Waals surface area (Å²) in [4.78, 5) is 16.7. The number of aromatic nitrogens is 2. The van der Waals surface area contributed by atoms with Crippen LogP contribution in [0.15, 0.2) is 82.1 Å². The van der Waals surface area contributed by atoms with E-state index in [-0.39, 0.29) is 24.0 Å². The molecule has 29 heavy (non-hydrogen) atoms. The Hall–Kier alpha value is -3.32.